The number of carbonyl (C=O) groups is 2. The van der Waals surface area contributed by atoms with Crippen LogP contribution in [0.5, 0.6) is 0 Å². The van der Waals surface area contributed by atoms with Gasteiger partial charge in [-0.3, -0.25) is 20.1 Å². The van der Waals surface area contributed by atoms with E-state index in [1.54, 1.807) is 30.3 Å². The van der Waals surface area contributed by atoms with Crippen molar-refractivity contribution in [2.75, 3.05) is 5.32 Å². The van der Waals surface area contributed by atoms with Crippen LogP contribution in [0.4, 0.5) is 16.2 Å². The van der Waals surface area contributed by atoms with Crippen LogP contribution in [0.15, 0.2) is 48.5 Å². The summed E-state index contributed by atoms with van der Waals surface area (Å²) in [6.45, 7) is 1.17. The monoisotopic (exact) mass is 392 g/mol. The van der Waals surface area contributed by atoms with Crippen molar-refractivity contribution in [1.82, 2.24) is 10.4 Å². The number of para-hydroxylation sites is 1. The topological polar surface area (TPSA) is 125 Å². The minimum atomic E-state index is -1.10. The number of amides is 3. The lowest BCUT2D eigenvalue weighted by molar-refractivity contribution is -0.385. The Morgan fingerprint density at radius 1 is 1.22 bits per heavy atom. The number of rotatable bonds is 6. The van der Waals surface area contributed by atoms with Crippen molar-refractivity contribution in [2.45, 2.75) is 19.5 Å². The Bertz CT molecular complexity index is 843. The fourth-order valence-electron chi connectivity index (χ4n) is 2.35. The minimum Gasteiger partial charge on any atom is -0.308 e. The normalized spacial score (nSPS) is 11.4. The highest BCUT2D eigenvalue weighted by Crippen LogP contribution is 2.22. The lowest BCUT2D eigenvalue weighted by Gasteiger charge is -2.28. The van der Waals surface area contributed by atoms with Gasteiger partial charge < -0.3 is 10.2 Å². The summed E-state index contributed by atoms with van der Waals surface area (Å²) in [5.74, 6) is -0.833. The number of urea groups is 1. The average Bonchev–Trinajstić information content (AvgIpc) is 2.66. The van der Waals surface area contributed by atoms with Crippen LogP contribution in [0, 0.1) is 10.1 Å². The SMILES string of the molecule is C[C@@H](C(=O)NO)N(Cc1ccccc1[N+](=O)[O-])C(=O)Nc1ccc(Cl)cc1. The lowest BCUT2D eigenvalue weighted by atomic mass is 10.1. The molecule has 0 aliphatic rings. The van der Waals surface area contributed by atoms with E-state index < -0.39 is 22.9 Å². The predicted octanol–water partition coefficient (Wildman–Crippen LogP) is 3.18. The molecule has 0 saturated carbocycles. The van der Waals surface area contributed by atoms with Crippen molar-refractivity contribution in [3.8, 4) is 0 Å². The van der Waals surface area contributed by atoms with Crippen LogP contribution in [0.3, 0.4) is 0 Å². The number of nitrogens with zero attached hydrogens (tertiary/aromatic N) is 2. The molecule has 0 saturated heterocycles. The standard InChI is InChI=1S/C17H17ClN4O5/c1-11(16(23)20-25)21(10-12-4-2-3-5-15(12)22(26)27)17(24)19-14-8-6-13(18)7-9-14/h2-9,11,25H,10H2,1H3,(H,19,24)(H,20,23)/t11-/m0/s1. The van der Waals surface area contributed by atoms with Gasteiger partial charge in [-0.05, 0) is 31.2 Å². The van der Waals surface area contributed by atoms with Gasteiger partial charge >= 0.3 is 6.03 Å². The molecule has 0 aliphatic heterocycles. The molecule has 3 N–H and O–H groups in total. The van der Waals surface area contributed by atoms with Crippen LogP contribution < -0.4 is 10.8 Å². The Kier molecular flexibility index (Phi) is 6.69. The van der Waals surface area contributed by atoms with Gasteiger partial charge in [-0.1, -0.05) is 29.8 Å². The first-order chi connectivity index (χ1) is 12.8. The molecule has 0 heterocycles. The highest BCUT2D eigenvalue weighted by atomic mass is 35.5. The predicted molar refractivity (Wildman–Crippen MR) is 98.5 cm³/mol. The van der Waals surface area contributed by atoms with Gasteiger partial charge in [0, 0.05) is 22.3 Å². The molecule has 1 atom stereocenters. The summed E-state index contributed by atoms with van der Waals surface area (Å²) in [6.07, 6.45) is 0. The van der Waals surface area contributed by atoms with E-state index in [9.17, 15) is 19.7 Å². The third-order valence-electron chi connectivity index (χ3n) is 3.84. The molecule has 9 nitrogen and oxygen atoms in total. The first-order valence-corrected chi connectivity index (χ1v) is 8.20. The molecule has 2 aromatic carbocycles. The van der Waals surface area contributed by atoms with E-state index in [-0.39, 0.29) is 17.8 Å². The second-order valence-corrected chi connectivity index (χ2v) is 6.04. The minimum absolute atomic E-state index is 0.182. The second-order valence-electron chi connectivity index (χ2n) is 5.60. The molecule has 0 radical (unpaired) electrons. The molecule has 2 rings (SSSR count). The summed E-state index contributed by atoms with van der Waals surface area (Å²) in [5, 5.41) is 23.2. The first-order valence-electron chi connectivity index (χ1n) is 7.83. The molecule has 3 amide bonds. The zero-order valence-electron chi connectivity index (χ0n) is 14.3. The summed E-state index contributed by atoms with van der Waals surface area (Å²) >= 11 is 5.81. The Hall–Kier alpha value is -3.17. The van der Waals surface area contributed by atoms with Gasteiger partial charge in [-0.2, -0.15) is 0 Å². The van der Waals surface area contributed by atoms with Gasteiger partial charge in [0.15, 0.2) is 0 Å². The van der Waals surface area contributed by atoms with Gasteiger partial charge in [0.05, 0.1) is 11.5 Å². The molecule has 142 valence electrons. The Labute approximate surface area is 159 Å². The van der Waals surface area contributed by atoms with Crippen LogP contribution in [0.1, 0.15) is 12.5 Å². The second kappa shape index (κ2) is 8.97. The molecule has 0 aromatic heterocycles. The van der Waals surface area contributed by atoms with E-state index in [0.717, 1.165) is 4.90 Å². The highest BCUT2D eigenvalue weighted by Gasteiger charge is 2.28. The van der Waals surface area contributed by atoms with E-state index in [0.29, 0.717) is 10.7 Å². The maximum absolute atomic E-state index is 12.7. The van der Waals surface area contributed by atoms with Crippen molar-refractivity contribution in [1.29, 1.82) is 0 Å². The van der Waals surface area contributed by atoms with Crippen LogP contribution >= 0.6 is 11.6 Å². The molecule has 0 spiro atoms. The van der Waals surface area contributed by atoms with E-state index in [1.807, 2.05) is 0 Å². The van der Waals surface area contributed by atoms with Crippen LogP contribution in [-0.2, 0) is 11.3 Å². The number of hydroxylamine groups is 1. The molecule has 27 heavy (non-hydrogen) atoms. The smallest absolute Gasteiger partial charge is 0.308 e. The van der Waals surface area contributed by atoms with Crippen LogP contribution in [0.25, 0.3) is 0 Å². The van der Waals surface area contributed by atoms with Gasteiger partial charge in [-0.15, -0.1) is 0 Å². The van der Waals surface area contributed by atoms with Crippen LogP contribution in [0.2, 0.25) is 5.02 Å². The summed E-state index contributed by atoms with van der Waals surface area (Å²) in [7, 11) is 0. The molecule has 10 heteroatoms. The summed E-state index contributed by atoms with van der Waals surface area (Å²) < 4.78 is 0. The van der Waals surface area contributed by atoms with Crippen molar-refractivity contribution in [3.05, 3.63) is 69.2 Å². The van der Waals surface area contributed by atoms with Crippen molar-refractivity contribution in [3.63, 3.8) is 0 Å². The zero-order valence-corrected chi connectivity index (χ0v) is 15.0. The van der Waals surface area contributed by atoms with Gasteiger partial charge in [0.25, 0.3) is 11.6 Å². The number of nitro benzene ring substituents is 1. The number of benzene rings is 2. The number of hydrogen-bond donors (Lipinski definition) is 3. The number of nitro groups is 1. The van der Waals surface area contributed by atoms with Crippen molar-refractivity contribution < 1.29 is 19.7 Å². The number of nitrogens with one attached hydrogen (secondary N) is 2. The molecule has 0 fully saturated rings. The number of anilines is 1. The molecule has 0 bridgehead atoms. The fraction of sp³-hybridized carbons (Fsp3) is 0.176. The maximum Gasteiger partial charge on any atom is 0.322 e. The lowest BCUT2D eigenvalue weighted by Crippen LogP contribution is -2.48. The fourth-order valence-corrected chi connectivity index (χ4v) is 2.48. The molecule has 2 aromatic rings. The third-order valence-corrected chi connectivity index (χ3v) is 4.09. The van der Waals surface area contributed by atoms with Crippen LogP contribution in [-0.4, -0.2) is 33.0 Å². The van der Waals surface area contributed by atoms with Crippen molar-refractivity contribution in [2.24, 2.45) is 0 Å². The number of carbonyl (C=O) groups excluding carboxylic acids is 2. The Balaban J connectivity index is 2.31. The third kappa shape index (κ3) is 5.16. The largest absolute Gasteiger partial charge is 0.322 e. The molecular formula is C17H17ClN4O5. The zero-order chi connectivity index (χ0) is 20.0. The van der Waals surface area contributed by atoms with E-state index in [1.165, 1.54) is 30.6 Å². The summed E-state index contributed by atoms with van der Waals surface area (Å²) in [4.78, 5) is 36.2. The molecular weight excluding hydrogens is 376 g/mol. The van der Waals surface area contributed by atoms with Gasteiger partial charge in [-0.25, -0.2) is 10.3 Å². The number of hydrogen-bond acceptors (Lipinski definition) is 5. The summed E-state index contributed by atoms with van der Waals surface area (Å²) in [5.41, 5.74) is 1.97. The highest BCUT2D eigenvalue weighted by molar-refractivity contribution is 6.30. The Morgan fingerprint density at radius 3 is 2.44 bits per heavy atom. The van der Waals surface area contributed by atoms with E-state index in [4.69, 9.17) is 16.8 Å². The maximum atomic E-state index is 12.7. The van der Waals surface area contributed by atoms with Gasteiger partial charge in [0.2, 0.25) is 0 Å². The average molecular weight is 393 g/mol. The van der Waals surface area contributed by atoms with Gasteiger partial charge in [0.1, 0.15) is 6.04 Å². The van der Waals surface area contributed by atoms with Crippen molar-refractivity contribution >= 4 is 34.9 Å². The van der Waals surface area contributed by atoms with E-state index in [2.05, 4.69) is 5.32 Å². The quantitative estimate of drug-likeness (QED) is 0.395. The number of halogens is 1. The molecule has 0 aliphatic carbocycles. The molecule has 0 unspecified atom stereocenters. The van der Waals surface area contributed by atoms with E-state index >= 15 is 0 Å². The first kappa shape index (κ1) is 20.1. The Morgan fingerprint density at radius 2 is 1.85 bits per heavy atom. The summed E-state index contributed by atoms with van der Waals surface area (Å²) in [6, 6.07) is 10.4.